The smallest absolute Gasteiger partial charge is 0.261 e. The molecule has 0 radical (unpaired) electrons. The van der Waals surface area contributed by atoms with Crippen LogP contribution in [0.1, 0.15) is 33.1 Å². The number of carbonyl (C=O) groups is 1. The van der Waals surface area contributed by atoms with Crippen molar-refractivity contribution in [3.8, 4) is 5.75 Å². The van der Waals surface area contributed by atoms with Gasteiger partial charge in [0.25, 0.3) is 5.91 Å². The second-order valence-corrected chi connectivity index (χ2v) is 6.41. The lowest BCUT2D eigenvalue weighted by Crippen LogP contribution is -2.54. The molecule has 4 nitrogen and oxygen atoms in total. The maximum atomic E-state index is 12.4. The number of ether oxygens (including phenoxy) is 2. The van der Waals surface area contributed by atoms with Crippen LogP contribution in [0.25, 0.3) is 0 Å². The standard InChI is InChI=1S/C16H21Cl2NO3/c1-3-16(6-8-21-9-7-16)19-15(20)11(2)22-14-5-4-12(17)10-13(14)18/h4-5,10-11H,3,6-9H2,1-2H3,(H,19,20)/t11-/m0/s1. The molecule has 0 spiro atoms. The second-order valence-electron chi connectivity index (χ2n) is 5.57. The van der Waals surface area contributed by atoms with E-state index in [0.717, 1.165) is 19.3 Å². The fourth-order valence-electron chi connectivity index (χ4n) is 2.51. The van der Waals surface area contributed by atoms with E-state index in [1.54, 1.807) is 25.1 Å². The summed E-state index contributed by atoms with van der Waals surface area (Å²) in [5.74, 6) is 0.306. The number of halogens is 2. The lowest BCUT2D eigenvalue weighted by Gasteiger charge is -2.38. The Morgan fingerprint density at radius 3 is 2.68 bits per heavy atom. The summed E-state index contributed by atoms with van der Waals surface area (Å²) in [5.41, 5.74) is -0.198. The summed E-state index contributed by atoms with van der Waals surface area (Å²) in [4.78, 5) is 12.4. The average Bonchev–Trinajstić information content (AvgIpc) is 2.51. The van der Waals surface area contributed by atoms with Crippen molar-refractivity contribution in [2.75, 3.05) is 13.2 Å². The van der Waals surface area contributed by atoms with Crippen LogP contribution in [-0.2, 0) is 9.53 Å². The highest BCUT2D eigenvalue weighted by molar-refractivity contribution is 6.35. The van der Waals surface area contributed by atoms with E-state index in [1.807, 2.05) is 0 Å². The Kier molecular flexibility index (Phi) is 5.95. The predicted octanol–water partition coefficient (Wildman–Crippen LogP) is 3.84. The van der Waals surface area contributed by atoms with E-state index in [0.29, 0.717) is 29.0 Å². The molecule has 0 aromatic heterocycles. The van der Waals surface area contributed by atoms with E-state index in [4.69, 9.17) is 32.7 Å². The van der Waals surface area contributed by atoms with E-state index in [2.05, 4.69) is 12.2 Å². The van der Waals surface area contributed by atoms with Gasteiger partial charge < -0.3 is 14.8 Å². The summed E-state index contributed by atoms with van der Waals surface area (Å²) in [6.45, 7) is 5.13. The van der Waals surface area contributed by atoms with E-state index >= 15 is 0 Å². The van der Waals surface area contributed by atoms with Crippen LogP contribution in [0.4, 0.5) is 0 Å². The molecule has 22 heavy (non-hydrogen) atoms. The number of benzene rings is 1. The lowest BCUT2D eigenvalue weighted by atomic mass is 9.87. The molecule has 1 amide bonds. The van der Waals surface area contributed by atoms with Crippen LogP contribution >= 0.6 is 23.2 Å². The van der Waals surface area contributed by atoms with Gasteiger partial charge in [-0.2, -0.15) is 0 Å². The number of carbonyl (C=O) groups excluding carboxylic acids is 1. The molecular weight excluding hydrogens is 325 g/mol. The van der Waals surface area contributed by atoms with Crippen LogP contribution in [0.15, 0.2) is 18.2 Å². The molecule has 1 saturated heterocycles. The lowest BCUT2D eigenvalue weighted by molar-refractivity contribution is -0.130. The number of amides is 1. The minimum absolute atomic E-state index is 0.144. The Labute approximate surface area is 141 Å². The molecule has 0 saturated carbocycles. The van der Waals surface area contributed by atoms with Crippen LogP contribution in [0.2, 0.25) is 10.0 Å². The molecule has 1 aliphatic heterocycles. The van der Waals surface area contributed by atoms with Gasteiger partial charge in [0.05, 0.1) is 5.02 Å². The van der Waals surface area contributed by atoms with Gasteiger partial charge in [-0.25, -0.2) is 0 Å². The molecule has 6 heteroatoms. The van der Waals surface area contributed by atoms with E-state index < -0.39 is 6.10 Å². The second kappa shape index (κ2) is 7.53. The van der Waals surface area contributed by atoms with Crippen LogP contribution in [0.5, 0.6) is 5.75 Å². The summed E-state index contributed by atoms with van der Waals surface area (Å²) in [6.07, 6.45) is 1.88. The molecule has 1 atom stereocenters. The molecule has 1 aliphatic rings. The molecule has 1 aromatic carbocycles. The Morgan fingerprint density at radius 2 is 2.09 bits per heavy atom. The maximum absolute atomic E-state index is 12.4. The third kappa shape index (κ3) is 4.28. The molecule has 1 heterocycles. The number of hydrogen-bond acceptors (Lipinski definition) is 3. The van der Waals surface area contributed by atoms with Crippen LogP contribution in [0, 0.1) is 0 Å². The molecule has 0 aliphatic carbocycles. The van der Waals surface area contributed by atoms with Crippen molar-refractivity contribution in [3.63, 3.8) is 0 Å². The van der Waals surface area contributed by atoms with Crippen molar-refractivity contribution in [2.24, 2.45) is 0 Å². The first-order valence-electron chi connectivity index (χ1n) is 7.47. The minimum Gasteiger partial charge on any atom is -0.479 e. The molecule has 1 aromatic rings. The molecule has 2 rings (SSSR count). The van der Waals surface area contributed by atoms with Gasteiger partial charge in [-0.15, -0.1) is 0 Å². The fraction of sp³-hybridized carbons (Fsp3) is 0.562. The van der Waals surface area contributed by atoms with Gasteiger partial charge in [-0.3, -0.25) is 4.79 Å². The van der Waals surface area contributed by atoms with Crippen LogP contribution < -0.4 is 10.1 Å². The monoisotopic (exact) mass is 345 g/mol. The zero-order chi connectivity index (χ0) is 16.2. The van der Waals surface area contributed by atoms with Gasteiger partial charge in [0.1, 0.15) is 5.75 Å². The van der Waals surface area contributed by atoms with Crippen molar-refractivity contribution < 1.29 is 14.3 Å². The number of nitrogens with one attached hydrogen (secondary N) is 1. The number of hydrogen-bond donors (Lipinski definition) is 1. The van der Waals surface area contributed by atoms with Gasteiger partial charge in [-0.05, 0) is 44.4 Å². The highest BCUT2D eigenvalue weighted by Crippen LogP contribution is 2.29. The van der Waals surface area contributed by atoms with Gasteiger partial charge >= 0.3 is 0 Å². The molecule has 0 bridgehead atoms. The predicted molar refractivity (Wildman–Crippen MR) is 87.8 cm³/mol. The number of rotatable bonds is 5. The average molecular weight is 346 g/mol. The summed E-state index contributed by atoms with van der Waals surface area (Å²) in [6, 6.07) is 4.94. The van der Waals surface area contributed by atoms with Crippen molar-refractivity contribution in [2.45, 2.75) is 44.8 Å². The molecule has 122 valence electrons. The molecular formula is C16H21Cl2NO3. The third-order valence-electron chi connectivity index (χ3n) is 4.08. The van der Waals surface area contributed by atoms with Gasteiger partial charge in [0.15, 0.2) is 6.10 Å². The van der Waals surface area contributed by atoms with Crippen molar-refractivity contribution in [1.82, 2.24) is 5.32 Å². The maximum Gasteiger partial charge on any atom is 0.261 e. The highest BCUT2D eigenvalue weighted by Gasteiger charge is 2.34. The fourth-order valence-corrected chi connectivity index (χ4v) is 2.96. The largest absolute Gasteiger partial charge is 0.479 e. The summed E-state index contributed by atoms with van der Waals surface area (Å²) in [5, 5.41) is 4.04. The van der Waals surface area contributed by atoms with Crippen molar-refractivity contribution >= 4 is 29.1 Å². The van der Waals surface area contributed by atoms with Crippen LogP contribution in [-0.4, -0.2) is 30.8 Å². The molecule has 1 N–H and O–H groups in total. The van der Waals surface area contributed by atoms with E-state index in [1.165, 1.54) is 0 Å². The minimum atomic E-state index is -0.634. The van der Waals surface area contributed by atoms with Gasteiger partial charge in [-0.1, -0.05) is 30.1 Å². The summed E-state index contributed by atoms with van der Waals surface area (Å²) >= 11 is 11.9. The first kappa shape index (κ1) is 17.4. The molecule has 0 unspecified atom stereocenters. The topological polar surface area (TPSA) is 47.6 Å². The summed E-state index contributed by atoms with van der Waals surface area (Å²) < 4.78 is 11.0. The third-order valence-corrected chi connectivity index (χ3v) is 4.61. The Morgan fingerprint density at radius 1 is 1.41 bits per heavy atom. The quantitative estimate of drug-likeness (QED) is 0.881. The Hall–Kier alpha value is -0.970. The van der Waals surface area contributed by atoms with Crippen LogP contribution in [0.3, 0.4) is 0 Å². The van der Waals surface area contributed by atoms with Gasteiger partial charge in [0.2, 0.25) is 0 Å². The SMILES string of the molecule is CCC1(NC(=O)[C@H](C)Oc2ccc(Cl)cc2Cl)CCOCC1. The van der Waals surface area contributed by atoms with Crippen molar-refractivity contribution in [3.05, 3.63) is 28.2 Å². The normalized spacial score (nSPS) is 18.5. The Bertz CT molecular complexity index is 530. The van der Waals surface area contributed by atoms with Gasteiger partial charge in [0, 0.05) is 23.8 Å². The van der Waals surface area contributed by atoms with E-state index in [-0.39, 0.29) is 11.4 Å². The zero-order valence-corrected chi connectivity index (χ0v) is 14.3. The van der Waals surface area contributed by atoms with E-state index in [9.17, 15) is 4.79 Å². The summed E-state index contributed by atoms with van der Waals surface area (Å²) in [7, 11) is 0. The zero-order valence-electron chi connectivity index (χ0n) is 12.8. The molecule has 1 fully saturated rings. The first-order valence-corrected chi connectivity index (χ1v) is 8.23. The Balaban J connectivity index is 1.99. The highest BCUT2D eigenvalue weighted by atomic mass is 35.5. The first-order chi connectivity index (χ1) is 10.5. The van der Waals surface area contributed by atoms with Crippen molar-refractivity contribution in [1.29, 1.82) is 0 Å².